The number of hydrogen-bond donors (Lipinski definition) is 0. The minimum absolute atomic E-state index is 0.186. The first kappa shape index (κ1) is 31.5. The highest BCUT2D eigenvalue weighted by Crippen LogP contribution is 2.33. The van der Waals surface area contributed by atoms with Crippen LogP contribution in [0.1, 0.15) is 39.5 Å². The van der Waals surface area contributed by atoms with Crippen LogP contribution in [0.25, 0.3) is 0 Å². The fourth-order valence-electron chi connectivity index (χ4n) is 4.16. The Hall–Kier alpha value is -4.05. The number of esters is 4. The summed E-state index contributed by atoms with van der Waals surface area (Å²) in [6, 6.07) is 4.95. The van der Waals surface area contributed by atoms with E-state index >= 15 is 0 Å². The van der Waals surface area contributed by atoms with Gasteiger partial charge < -0.3 is 28.4 Å². The standard InChI is InChI=1S/C25H28BrN3O12/c1-12(30)37-11-19-21(38-13(2)31)22(39-14(3)32)23(40-15(4)33)24(41-19)29-25(35)28(20(34)9-27-29)10-16-6-7-18(36-5)17(26)8-16/h6-9,19,21-24H,10-11H2,1-5H3/t19-,21-,22+,23-,24+/m1/s1. The lowest BCUT2D eigenvalue weighted by atomic mass is 9.97. The fraction of sp³-hybridized carbons (Fsp3) is 0.480. The fourth-order valence-corrected chi connectivity index (χ4v) is 4.75. The van der Waals surface area contributed by atoms with E-state index in [1.807, 2.05) is 0 Å². The maximum Gasteiger partial charge on any atom is 0.350 e. The van der Waals surface area contributed by atoms with Crippen molar-refractivity contribution in [3.05, 3.63) is 55.3 Å². The molecule has 1 aromatic heterocycles. The van der Waals surface area contributed by atoms with E-state index in [1.54, 1.807) is 18.2 Å². The minimum Gasteiger partial charge on any atom is -0.496 e. The highest BCUT2D eigenvalue weighted by atomic mass is 79.9. The molecular formula is C25H28BrN3O12. The Morgan fingerprint density at radius 3 is 2.10 bits per heavy atom. The molecule has 0 spiro atoms. The van der Waals surface area contributed by atoms with Gasteiger partial charge in [-0.1, -0.05) is 6.07 Å². The van der Waals surface area contributed by atoms with Crippen molar-refractivity contribution in [2.45, 2.75) is 64.9 Å². The van der Waals surface area contributed by atoms with E-state index in [0.717, 1.165) is 43.1 Å². The van der Waals surface area contributed by atoms with E-state index in [2.05, 4.69) is 21.0 Å². The number of carbonyl (C=O) groups is 4. The lowest BCUT2D eigenvalue weighted by Crippen LogP contribution is -2.62. The molecule has 3 rings (SSSR count). The number of halogens is 1. The Morgan fingerprint density at radius 2 is 1.54 bits per heavy atom. The molecule has 222 valence electrons. The van der Waals surface area contributed by atoms with Crippen LogP contribution >= 0.6 is 15.9 Å². The number of hydrogen-bond acceptors (Lipinski definition) is 13. The third-order valence-electron chi connectivity index (χ3n) is 5.75. The van der Waals surface area contributed by atoms with Gasteiger partial charge >= 0.3 is 29.6 Å². The quantitative estimate of drug-likeness (QED) is 0.273. The van der Waals surface area contributed by atoms with Crippen molar-refractivity contribution in [3.8, 4) is 5.75 Å². The van der Waals surface area contributed by atoms with Crippen LogP contribution in [0, 0.1) is 0 Å². The number of benzene rings is 1. The lowest BCUT2D eigenvalue weighted by Gasteiger charge is -2.44. The van der Waals surface area contributed by atoms with Crippen molar-refractivity contribution in [2.75, 3.05) is 13.7 Å². The third kappa shape index (κ3) is 7.79. The highest BCUT2D eigenvalue weighted by Gasteiger charge is 2.53. The van der Waals surface area contributed by atoms with Gasteiger partial charge in [-0.3, -0.25) is 28.5 Å². The smallest absolute Gasteiger partial charge is 0.350 e. The maximum atomic E-state index is 13.6. The molecule has 0 unspecified atom stereocenters. The molecule has 1 aromatic carbocycles. The molecule has 1 aliphatic heterocycles. The van der Waals surface area contributed by atoms with E-state index in [1.165, 1.54) is 7.11 Å². The second kappa shape index (κ2) is 13.5. The summed E-state index contributed by atoms with van der Waals surface area (Å²) in [5.74, 6) is -2.67. The second-order valence-electron chi connectivity index (χ2n) is 8.85. The van der Waals surface area contributed by atoms with Gasteiger partial charge in [-0.05, 0) is 33.6 Å². The maximum absolute atomic E-state index is 13.6. The molecule has 15 nitrogen and oxygen atoms in total. The highest BCUT2D eigenvalue weighted by molar-refractivity contribution is 9.10. The molecular weight excluding hydrogens is 614 g/mol. The van der Waals surface area contributed by atoms with Gasteiger partial charge in [0.1, 0.15) is 24.7 Å². The van der Waals surface area contributed by atoms with Gasteiger partial charge in [0.2, 0.25) is 0 Å². The summed E-state index contributed by atoms with van der Waals surface area (Å²) in [5.41, 5.74) is -1.16. The molecule has 0 amide bonds. The largest absolute Gasteiger partial charge is 0.496 e. The van der Waals surface area contributed by atoms with Crippen molar-refractivity contribution < 1.29 is 47.6 Å². The average molecular weight is 642 g/mol. The normalized spacial score (nSPS) is 21.9. The predicted octanol–water partition coefficient (Wildman–Crippen LogP) is 0.480. The summed E-state index contributed by atoms with van der Waals surface area (Å²) in [5, 5.41) is 3.90. The van der Waals surface area contributed by atoms with E-state index in [0.29, 0.717) is 15.8 Å². The van der Waals surface area contributed by atoms with Crippen molar-refractivity contribution >= 4 is 39.8 Å². The van der Waals surface area contributed by atoms with Gasteiger partial charge in [0.15, 0.2) is 24.5 Å². The summed E-state index contributed by atoms with van der Waals surface area (Å²) >= 11 is 3.36. The van der Waals surface area contributed by atoms with Gasteiger partial charge in [0.25, 0.3) is 5.56 Å². The summed E-state index contributed by atoms with van der Waals surface area (Å²) in [6.45, 7) is 3.66. The van der Waals surface area contributed by atoms with Gasteiger partial charge in [-0.15, -0.1) is 0 Å². The van der Waals surface area contributed by atoms with Crippen LogP contribution in [0.2, 0.25) is 0 Å². The first-order chi connectivity index (χ1) is 19.3. The zero-order chi connectivity index (χ0) is 30.4. The SMILES string of the molecule is COc1ccc(Cn2c(=O)cnn([C@H]3O[C@H](COC(C)=O)[C@@H](OC(C)=O)[C@H](OC(C)=O)[C@H]3OC(C)=O)c2=O)cc1Br. The molecule has 0 N–H and O–H groups in total. The molecule has 41 heavy (non-hydrogen) atoms. The van der Waals surface area contributed by atoms with Crippen LogP contribution in [-0.4, -0.2) is 76.4 Å². The van der Waals surface area contributed by atoms with Crippen LogP contribution in [0.3, 0.4) is 0 Å². The molecule has 0 radical (unpaired) electrons. The molecule has 1 aliphatic rings. The Morgan fingerprint density at radius 1 is 0.927 bits per heavy atom. The van der Waals surface area contributed by atoms with Gasteiger partial charge in [0, 0.05) is 27.7 Å². The van der Waals surface area contributed by atoms with Crippen LogP contribution < -0.4 is 16.0 Å². The number of methoxy groups -OCH3 is 1. The molecule has 0 saturated carbocycles. The van der Waals surface area contributed by atoms with Crippen molar-refractivity contribution in [3.63, 3.8) is 0 Å². The van der Waals surface area contributed by atoms with E-state index in [4.69, 9.17) is 28.4 Å². The summed E-state index contributed by atoms with van der Waals surface area (Å²) < 4.78 is 34.5. The summed E-state index contributed by atoms with van der Waals surface area (Å²) in [4.78, 5) is 74.0. The summed E-state index contributed by atoms with van der Waals surface area (Å²) in [7, 11) is 1.49. The molecule has 1 saturated heterocycles. The number of rotatable bonds is 9. The number of nitrogens with zero attached hydrogens (tertiary/aromatic N) is 3. The Balaban J connectivity index is 2.14. The zero-order valence-corrected chi connectivity index (χ0v) is 24.3. The number of ether oxygens (including phenoxy) is 6. The van der Waals surface area contributed by atoms with Crippen LogP contribution in [-0.2, 0) is 49.4 Å². The number of aromatic nitrogens is 3. The molecule has 2 aromatic rings. The topological polar surface area (TPSA) is 181 Å². The second-order valence-corrected chi connectivity index (χ2v) is 9.71. The molecule has 0 aliphatic carbocycles. The van der Waals surface area contributed by atoms with Crippen LogP contribution in [0.15, 0.2) is 38.5 Å². The number of carbonyl (C=O) groups excluding carboxylic acids is 4. The molecule has 2 heterocycles. The molecule has 0 bridgehead atoms. The van der Waals surface area contributed by atoms with E-state index in [-0.39, 0.29) is 6.54 Å². The van der Waals surface area contributed by atoms with Gasteiger partial charge in [-0.2, -0.15) is 9.78 Å². The van der Waals surface area contributed by atoms with Crippen LogP contribution in [0.5, 0.6) is 5.75 Å². The lowest BCUT2D eigenvalue weighted by molar-refractivity contribution is -0.271. The van der Waals surface area contributed by atoms with Gasteiger partial charge in [-0.25, -0.2) is 4.79 Å². The first-order valence-electron chi connectivity index (χ1n) is 12.1. The minimum atomic E-state index is -1.61. The monoisotopic (exact) mass is 641 g/mol. The Labute approximate surface area is 241 Å². The predicted molar refractivity (Wildman–Crippen MR) is 140 cm³/mol. The molecule has 5 atom stereocenters. The Kier molecular flexibility index (Phi) is 10.4. The van der Waals surface area contributed by atoms with Crippen molar-refractivity contribution in [1.29, 1.82) is 0 Å². The molecule has 16 heteroatoms. The van der Waals surface area contributed by atoms with Gasteiger partial charge in [0.05, 0.1) is 18.1 Å². The third-order valence-corrected chi connectivity index (χ3v) is 6.37. The first-order valence-corrected chi connectivity index (χ1v) is 12.9. The molecule has 1 fully saturated rings. The van der Waals surface area contributed by atoms with Crippen molar-refractivity contribution in [2.24, 2.45) is 0 Å². The van der Waals surface area contributed by atoms with E-state index < -0.39 is 72.4 Å². The Bertz CT molecular complexity index is 1440. The van der Waals surface area contributed by atoms with E-state index in [9.17, 15) is 28.8 Å². The summed E-state index contributed by atoms with van der Waals surface area (Å²) in [6.07, 6.45) is -6.59. The zero-order valence-electron chi connectivity index (χ0n) is 22.7. The average Bonchev–Trinajstić information content (AvgIpc) is 2.87. The van der Waals surface area contributed by atoms with Crippen LogP contribution in [0.4, 0.5) is 0 Å². The van der Waals surface area contributed by atoms with Crippen molar-refractivity contribution in [1.82, 2.24) is 14.3 Å².